The van der Waals surface area contributed by atoms with Crippen molar-refractivity contribution >= 4 is 5.91 Å². The maximum atomic E-state index is 11.1. The molecule has 1 heterocycles. The first-order valence-corrected chi connectivity index (χ1v) is 4.94. The third kappa shape index (κ3) is 4.24. The van der Waals surface area contributed by atoms with Crippen LogP contribution in [-0.4, -0.2) is 25.6 Å². The molecule has 4 heteroatoms. The summed E-state index contributed by atoms with van der Waals surface area (Å²) in [7, 11) is 0. The third-order valence-electron chi connectivity index (χ3n) is 2.27. The second-order valence-electron chi connectivity index (χ2n) is 3.36. The first-order chi connectivity index (χ1) is 6.33. The van der Waals surface area contributed by atoms with Gasteiger partial charge in [0.05, 0.1) is 6.61 Å². The predicted octanol–water partition coefficient (Wildman–Crippen LogP) is 0.444. The first-order valence-electron chi connectivity index (χ1n) is 4.94. The van der Waals surface area contributed by atoms with Gasteiger partial charge in [-0.25, -0.2) is 5.48 Å². The molecule has 1 fully saturated rings. The Bertz CT molecular complexity index is 156. The number of hydroxylamine groups is 1. The summed E-state index contributed by atoms with van der Waals surface area (Å²) in [5.41, 5.74) is 2.40. The average molecular weight is 186 g/mol. The summed E-state index contributed by atoms with van der Waals surface area (Å²) in [6, 6.07) is 0. The standard InChI is InChI=1S/C9H18N2O2/c1-2-13-11-9(12)4-3-8-5-6-10-7-8/h8,10H,2-7H2,1H3,(H,11,12). The van der Waals surface area contributed by atoms with E-state index in [0.717, 1.165) is 19.5 Å². The zero-order valence-corrected chi connectivity index (χ0v) is 8.14. The summed E-state index contributed by atoms with van der Waals surface area (Å²) in [6.45, 7) is 4.53. The lowest BCUT2D eigenvalue weighted by atomic mass is 10.0. The summed E-state index contributed by atoms with van der Waals surface area (Å²) in [4.78, 5) is 15.9. The van der Waals surface area contributed by atoms with E-state index in [1.54, 1.807) is 0 Å². The van der Waals surface area contributed by atoms with E-state index >= 15 is 0 Å². The summed E-state index contributed by atoms with van der Waals surface area (Å²) in [5, 5.41) is 3.28. The maximum Gasteiger partial charge on any atom is 0.243 e. The Hall–Kier alpha value is -0.610. The average Bonchev–Trinajstić information content (AvgIpc) is 2.64. The topological polar surface area (TPSA) is 50.4 Å². The van der Waals surface area contributed by atoms with Crippen LogP contribution >= 0.6 is 0 Å². The van der Waals surface area contributed by atoms with Gasteiger partial charge in [-0.2, -0.15) is 0 Å². The Kier molecular flexibility index (Phi) is 4.78. The van der Waals surface area contributed by atoms with Gasteiger partial charge < -0.3 is 5.32 Å². The summed E-state index contributed by atoms with van der Waals surface area (Å²) in [6.07, 6.45) is 2.74. The first kappa shape index (κ1) is 10.5. The Labute approximate surface area is 79.0 Å². The molecule has 76 valence electrons. The molecule has 4 nitrogen and oxygen atoms in total. The zero-order chi connectivity index (χ0) is 9.52. The van der Waals surface area contributed by atoms with Crippen molar-refractivity contribution in [1.82, 2.24) is 10.8 Å². The quantitative estimate of drug-likeness (QED) is 0.613. The fourth-order valence-electron chi connectivity index (χ4n) is 1.50. The van der Waals surface area contributed by atoms with Crippen LogP contribution in [0.3, 0.4) is 0 Å². The monoisotopic (exact) mass is 186 g/mol. The molecule has 0 radical (unpaired) electrons. The van der Waals surface area contributed by atoms with Crippen molar-refractivity contribution in [3.63, 3.8) is 0 Å². The summed E-state index contributed by atoms with van der Waals surface area (Å²) >= 11 is 0. The maximum absolute atomic E-state index is 11.1. The highest BCUT2D eigenvalue weighted by Crippen LogP contribution is 2.13. The highest BCUT2D eigenvalue weighted by atomic mass is 16.6. The Morgan fingerprint density at radius 2 is 2.54 bits per heavy atom. The highest BCUT2D eigenvalue weighted by Gasteiger charge is 2.15. The van der Waals surface area contributed by atoms with Crippen molar-refractivity contribution in [2.45, 2.75) is 26.2 Å². The number of hydrogen-bond acceptors (Lipinski definition) is 3. The normalized spacial score (nSPS) is 21.8. The molecule has 2 N–H and O–H groups in total. The second-order valence-corrected chi connectivity index (χ2v) is 3.36. The molecule has 1 rings (SSSR count). The van der Waals surface area contributed by atoms with Crippen molar-refractivity contribution in [2.75, 3.05) is 19.7 Å². The molecule has 1 saturated heterocycles. The number of amides is 1. The van der Waals surface area contributed by atoms with Gasteiger partial charge in [-0.1, -0.05) is 0 Å². The van der Waals surface area contributed by atoms with Crippen LogP contribution in [0.25, 0.3) is 0 Å². The smallest absolute Gasteiger partial charge is 0.243 e. The Balaban J connectivity index is 2.00. The van der Waals surface area contributed by atoms with Crippen LogP contribution in [-0.2, 0) is 9.63 Å². The molecule has 1 amide bonds. The van der Waals surface area contributed by atoms with E-state index in [1.807, 2.05) is 6.92 Å². The van der Waals surface area contributed by atoms with Gasteiger partial charge in [0.1, 0.15) is 0 Å². The van der Waals surface area contributed by atoms with Gasteiger partial charge >= 0.3 is 0 Å². The molecule has 1 atom stereocenters. The highest BCUT2D eigenvalue weighted by molar-refractivity contribution is 5.74. The molecule has 1 aliphatic rings. The third-order valence-corrected chi connectivity index (χ3v) is 2.27. The summed E-state index contributed by atoms with van der Waals surface area (Å²) < 4.78 is 0. The van der Waals surface area contributed by atoms with Crippen molar-refractivity contribution in [3.8, 4) is 0 Å². The van der Waals surface area contributed by atoms with Gasteiger partial charge in [-0.3, -0.25) is 9.63 Å². The molecule has 0 aromatic rings. The molecule has 1 aliphatic heterocycles. The largest absolute Gasteiger partial charge is 0.316 e. The van der Waals surface area contributed by atoms with Gasteiger partial charge in [-0.05, 0) is 38.8 Å². The lowest BCUT2D eigenvalue weighted by Crippen LogP contribution is -2.24. The molecule has 13 heavy (non-hydrogen) atoms. The van der Waals surface area contributed by atoms with Gasteiger partial charge in [0.25, 0.3) is 0 Å². The van der Waals surface area contributed by atoms with Gasteiger partial charge in [0.15, 0.2) is 0 Å². The van der Waals surface area contributed by atoms with Gasteiger partial charge in [0.2, 0.25) is 5.91 Å². The van der Waals surface area contributed by atoms with Crippen LogP contribution in [0.4, 0.5) is 0 Å². The number of nitrogens with one attached hydrogen (secondary N) is 2. The molecule has 0 aliphatic carbocycles. The molecule has 0 spiro atoms. The van der Waals surface area contributed by atoms with Crippen LogP contribution in [0.1, 0.15) is 26.2 Å². The van der Waals surface area contributed by atoms with E-state index in [-0.39, 0.29) is 5.91 Å². The minimum atomic E-state index is -0.00579. The lowest BCUT2D eigenvalue weighted by molar-refractivity contribution is -0.133. The van der Waals surface area contributed by atoms with E-state index in [9.17, 15) is 4.79 Å². The SMILES string of the molecule is CCONC(=O)CCC1CCNC1. The van der Waals surface area contributed by atoms with Gasteiger partial charge in [-0.15, -0.1) is 0 Å². The minimum Gasteiger partial charge on any atom is -0.316 e. The van der Waals surface area contributed by atoms with Crippen molar-refractivity contribution < 1.29 is 9.63 Å². The van der Waals surface area contributed by atoms with Crippen molar-refractivity contribution in [3.05, 3.63) is 0 Å². The predicted molar refractivity (Wildman–Crippen MR) is 50.0 cm³/mol. The van der Waals surface area contributed by atoms with E-state index in [0.29, 0.717) is 18.9 Å². The molecule has 1 unspecified atom stereocenters. The molecule has 0 saturated carbocycles. The van der Waals surface area contributed by atoms with Crippen LogP contribution in [0.15, 0.2) is 0 Å². The van der Waals surface area contributed by atoms with Crippen molar-refractivity contribution in [1.29, 1.82) is 0 Å². The van der Waals surface area contributed by atoms with E-state index in [1.165, 1.54) is 6.42 Å². The molecule has 0 aromatic heterocycles. The number of rotatable bonds is 5. The zero-order valence-electron chi connectivity index (χ0n) is 8.14. The Morgan fingerprint density at radius 1 is 1.69 bits per heavy atom. The second kappa shape index (κ2) is 5.94. The van der Waals surface area contributed by atoms with Crippen LogP contribution in [0, 0.1) is 5.92 Å². The van der Waals surface area contributed by atoms with E-state index in [2.05, 4.69) is 10.8 Å². The molecule has 0 aromatic carbocycles. The molecular weight excluding hydrogens is 168 g/mol. The number of carbonyl (C=O) groups excluding carboxylic acids is 1. The van der Waals surface area contributed by atoms with E-state index < -0.39 is 0 Å². The fourth-order valence-corrected chi connectivity index (χ4v) is 1.50. The number of hydrogen-bond donors (Lipinski definition) is 2. The van der Waals surface area contributed by atoms with Gasteiger partial charge in [0, 0.05) is 6.42 Å². The summed E-state index contributed by atoms with van der Waals surface area (Å²) in [5.74, 6) is 0.668. The minimum absolute atomic E-state index is 0.00579. The van der Waals surface area contributed by atoms with Crippen LogP contribution in [0.5, 0.6) is 0 Å². The van der Waals surface area contributed by atoms with Crippen LogP contribution in [0.2, 0.25) is 0 Å². The van der Waals surface area contributed by atoms with Crippen molar-refractivity contribution in [2.24, 2.45) is 5.92 Å². The lowest BCUT2D eigenvalue weighted by Gasteiger charge is -2.07. The Morgan fingerprint density at radius 3 is 3.15 bits per heavy atom. The molecule has 0 bridgehead atoms. The number of carbonyl (C=O) groups is 1. The van der Waals surface area contributed by atoms with Crippen LogP contribution < -0.4 is 10.8 Å². The fraction of sp³-hybridized carbons (Fsp3) is 0.889. The van der Waals surface area contributed by atoms with E-state index in [4.69, 9.17) is 4.84 Å². The molecular formula is C9H18N2O2.